The summed E-state index contributed by atoms with van der Waals surface area (Å²) in [7, 11) is 0. The topological polar surface area (TPSA) is 53.0 Å². The lowest BCUT2D eigenvalue weighted by atomic mass is 10.1. The number of aliphatic hydroxyl groups excluding tert-OH is 1. The van der Waals surface area contributed by atoms with Gasteiger partial charge in [-0.15, -0.1) is 6.58 Å². The van der Waals surface area contributed by atoms with Gasteiger partial charge in [0, 0.05) is 6.54 Å². The molecule has 1 N–H and O–H groups in total. The van der Waals surface area contributed by atoms with Gasteiger partial charge in [0.1, 0.15) is 0 Å². The van der Waals surface area contributed by atoms with Crippen molar-refractivity contribution in [2.45, 2.75) is 12.1 Å². The fourth-order valence-corrected chi connectivity index (χ4v) is 1.84. The van der Waals surface area contributed by atoms with Gasteiger partial charge in [-0.25, -0.2) is 4.79 Å². The Balaban J connectivity index is 2.09. The highest BCUT2D eigenvalue weighted by molar-refractivity contribution is 5.78. The van der Waals surface area contributed by atoms with Crippen molar-refractivity contribution in [3.05, 3.63) is 24.8 Å². The number of hydrogen-bond donors (Lipinski definition) is 1. The van der Waals surface area contributed by atoms with E-state index in [0.29, 0.717) is 13.2 Å². The molecule has 2 aliphatic heterocycles. The van der Waals surface area contributed by atoms with Gasteiger partial charge in [-0.1, -0.05) is 18.2 Å². The normalized spacial score (nSPS) is 28.7. The molecular weight excluding hydrogens is 196 g/mol. The van der Waals surface area contributed by atoms with Gasteiger partial charge in [0.2, 0.25) is 0 Å². The molecule has 82 valence electrons. The van der Waals surface area contributed by atoms with Crippen LogP contribution < -0.4 is 0 Å². The van der Waals surface area contributed by atoms with Gasteiger partial charge >= 0.3 is 6.03 Å². The second-order valence-corrected chi connectivity index (χ2v) is 3.55. The van der Waals surface area contributed by atoms with Gasteiger partial charge in [0.25, 0.3) is 0 Å². The molecule has 2 aliphatic rings. The number of urea groups is 1. The second kappa shape index (κ2) is 4.04. The predicted molar refractivity (Wildman–Crippen MR) is 53.9 cm³/mol. The standard InChI is InChI=1S/C10H14N2O3/c1-2-5-15-12-8-3-4-9(7-13)11(6-8)10(12)14/h2-4,8-9,13H,1,5-7H2/t8?,9-/m0/s1. The van der Waals surface area contributed by atoms with Crippen LogP contribution in [0.5, 0.6) is 0 Å². The number of fused-ring (bicyclic) bond motifs is 2. The van der Waals surface area contributed by atoms with Crippen LogP contribution in [0.1, 0.15) is 0 Å². The summed E-state index contributed by atoms with van der Waals surface area (Å²) >= 11 is 0. The molecule has 1 unspecified atom stereocenters. The van der Waals surface area contributed by atoms with Crippen LogP contribution >= 0.6 is 0 Å². The average Bonchev–Trinajstić information content (AvgIpc) is 2.51. The van der Waals surface area contributed by atoms with Crippen molar-refractivity contribution >= 4 is 6.03 Å². The van der Waals surface area contributed by atoms with Crippen LogP contribution in [0.4, 0.5) is 4.79 Å². The van der Waals surface area contributed by atoms with Crippen molar-refractivity contribution in [3.63, 3.8) is 0 Å². The summed E-state index contributed by atoms with van der Waals surface area (Å²) in [5.74, 6) is 0. The SMILES string of the molecule is C=CCON1C(=O)N2CC1C=C[C@H]2CO. The second-order valence-electron chi connectivity index (χ2n) is 3.55. The number of rotatable bonds is 4. The maximum absolute atomic E-state index is 11.8. The Morgan fingerprint density at radius 3 is 3.13 bits per heavy atom. The molecular formula is C10H14N2O3. The molecule has 0 spiro atoms. The minimum atomic E-state index is -0.217. The predicted octanol–water partition coefficient (Wildman–Crippen LogP) is 0.141. The van der Waals surface area contributed by atoms with Gasteiger partial charge in [-0.05, 0) is 0 Å². The quantitative estimate of drug-likeness (QED) is 0.671. The van der Waals surface area contributed by atoms with Crippen LogP contribution in [0.2, 0.25) is 0 Å². The fraction of sp³-hybridized carbons (Fsp3) is 0.500. The summed E-state index contributed by atoms with van der Waals surface area (Å²) in [5, 5.41) is 10.4. The van der Waals surface area contributed by atoms with Crippen LogP contribution in [0.3, 0.4) is 0 Å². The molecule has 1 saturated heterocycles. The summed E-state index contributed by atoms with van der Waals surface area (Å²) in [6.45, 7) is 4.37. The molecule has 0 radical (unpaired) electrons. The third-order valence-corrected chi connectivity index (χ3v) is 2.59. The highest BCUT2D eigenvalue weighted by Crippen LogP contribution is 2.24. The molecule has 1 fully saturated rings. The Morgan fingerprint density at radius 2 is 2.47 bits per heavy atom. The molecule has 5 nitrogen and oxygen atoms in total. The number of nitrogens with zero attached hydrogens (tertiary/aromatic N) is 2. The van der Waals surface area contributed by atoms with Gasteiger partial charge in [-0.2, -0.15) is 5.06 Å². The lowest BCUT2D eigenvalue weighted by Gasteiger charge is -2.23. The minimum absolute atomic E-state index is 0.0414. The van der Waals surface area contributed by atoms with Crippen molar-refractivity contribution in [2.24, 2.45) is 0 Å². The lowest BCUT2D eigenvalue weighted by Crippen LogP contribution is -2.40. The van der Waals surface area contributed by atoms with Crippen molar-refractivity contribution in [1.82, 2.24) is 9.96 Å². The van der Waals surface area contributed by atoms with Crippen molar-refractivity contribution in [2.75, 3.05) is 19.8 Å². The van der Waals surface area contributed by atoms with Crippen LogP contribution in [-0.2, 0) is 4.84 Å². The molecule has 0 aromatic carbocycles. The van der Waals surface area contributed by atoms with Crippen LogP contribution in [0.25, 0.3) is 0 Å². The number of hydroxylamine groups is 2. The summed E-state index contributed by atoms with van der Waals surface area (Å²) < 4.78 is 0. The molecule has 0 aliphatic carbocycles. The highest BCUT2D eigenvalue weighted by Gasteiger charge is 2.42. The van der Waals surface area contributed by atoms with E-state index >= 15 is 0 Å². The molecule has 2 rings (SSSR count). The zero-order chi connectivity index (χ0) is 10.8. The van der Waals surface area contributed by atoms with E-state index in [4.69, 9.17) is 9.94 Å². The van der Waals surface area contributed by atoms with E-state index < -0.39 is 0 Å². The Bertz CT molecular complexity index is 303. The van der Waals surface area contributed by atoms with E-state index in [1.807, 2.05) is 12.2 Å². The third-order valence-electron chi connectivity index (χ3n) is 2.59. The molecule has 15 heavy (non-hydrogen) atoms. The Hall–Kier alpha value is -1.33. The molecule has 2 amide bonds. The highest BCUT2D eigenvalue weighted by atomic mass is 16.7. The summed E-state index contributed by atoms with van der Waals surface area (Å²) in [6.07, 6.45) is 5.33. The van der Waals surface area contributed by atoms with E-state index in [1.165, 1.54) is 5.06 Å². The first-order valence-corrected chi connectivity index (χ1v) is 4.90. The third kappa shape index (κ3) is 1.64. The number of hydrogen-bond acceptors (Lipinski definition) is 3. The van der Waals surface area contributed by atoms with Crippen molar-refractivity contribution < 1.29 is 14.7 Å². The van der Waals surface area contributed by atoms with Crippen molar-refractivity contribution in [3.8, 4) is 0 Å². The zero-order valence-electron chi connectivity index (χ0n) is 8.37. The maximum Gasteiger partial charge on any atom is 0.345 e. The lowest BCUT2D eigenvalue weighted by molar-refractivity contribution is -0.107. The van der Waals surface area contributed by atoms with E-state index in [9.17, 15) is 4.79 Å². The Morgan fingerprint density at radius 1 is 1.67 bits per heavy atom. The molecule has 2 heterocycles. The average molecular weight is 210 g/mol. The number of carbonyl (C=O) groups is 1. The minimum Gasteiger partial charge on any atom is -0.394 e. The van der Waals surface area contributed by atoms with Gasteiger partial charge in [0.05, 0.1) is 25.3 Å². The molecule has 2 atom stereocenters. The number of aliphatic hydroxyl groups is 1. The number of carbonyl (C=O) groups excluding carboxylic acids is 1. The molecule has 5 heteroatoms. The molecule has 0 aromatic rings. The zero-order valence-corrected chi connectivity index (χ0v) is 8.37. The van der Waals surface area contributed by atoms with Gasteiger partial charge in [-0.3, -0.25) is 4.84 Å². The Kier molecular flexibility index (Phi) is 2.75. The van der Waals surface area contributed by atoms with Crippen LogP contribution in [-0.4, -0.2) is 52.9 Å². The van der Waals surface area contributed by atoms with Gasteiger partial charge in [0.15, 0.2) is 0 Å². The van der Waals surface area contributed by atoms with Crippen LogP contribution in [0.15, 0.2) is 24.8 Å². The van der Waals surface area contributed by atoms with E-state index in [2.05, 4.69) is 6.58 Å². The fourth-order valence-electron chi connectivity index (χ4n) is 1.84. The maximum atomic E-state index is 11.8. The first-order valence-electron chi connectivity index (χ1n) is 4.90. The summed E-state index contributed by atoms with van der Waals surface area (Å²) in [5.41, 5.74) is 0. The van der Waals surface area contributed by atoms with Crippen LogP contribution in [0, 0.1) is 0 Å². The van der Waals surface area contributed by atoms with Gasteiger partial charge < -0.3 is 10.0 Å². The molecule has 0 aromatic heterocycles. The first-order chi connectivity index (χ1) is 7.27. The monoisotopic (exact) mass is 210 g/mol. The largest absolute Gasteiger partial charge is 0.394 e. The number of amides is 2. The van der Waals surface area contributed by atoms with E-state index in [0.717, 1.165) is 0 Å². The Labute approximate surface area is 88.2 Å². The van der Waals surface area contributed by atoms with E-state index in [-0.39, 0.29) is 24.7 Å². The molecule has 0 saturated carbocycles. The smallest absolute Gasteiger partial charge is 0.345 e. The summed E-state index contributed by atoms with van der Waals surface area (Å²) in [6, 6.07) is -0.447. The van der Waals surface area contributed by atoms with Crippen molar-refractivity contribution in [1.29, 1.82) is 0 Å². The summed E-state index contributed by atoms with van der Waals surface area (Å²) in [4.78, 5) is 18.7. The first kappa shape index (κ1) is 10.2. The van der Waals surface area contributed by atoms with E-state index in [1.54, 1.807) is 11.0 Å². The molecule has 2 bridgehead atoms.